The monoisotopic (exact) mass is 551 g/mol. The number of benzene rings is 3. The van der Waals surface area contributed by atoms with Crippen molar-refractivity contribution in [3.63, 3.8) is 0 Å². The van der Waals surface area contributed by atoms with E-state index in [4.69, 9.17) is 17.0 Å². The molecule has 0 N–H and O–H groups in total. The van der Waals surface area contributed by atoms with Crippen molar-refractivity contribution in [3.05, 3.63) is 99.5 Å². The van der Waals surface area contributed by atoms with Gasteiger partial charge in [0.2, 0.25) is 0 Å². The third-order valence-corrected chi connectivity index (χ3v) is 5.07. The molecule has 2 aliphatic carbocycles. The molecule has 138 valence electrons. The van der Waals surface area contributed by atoms with Gasteiger partial charge in [-0.1, -0.05) is 62.2 Å². The van der Waals surface area contributed by atoms with Crippen molar-refractivity contribution in [2.45, 2.75) is 12.8 Å². The first kappa shape index (κ1) is 23.0. The summed E-state index contributed by atoms with van der Waals surface area (Å²) in [5.41, 5.74) is 8.21. The fraction of sp³-hybridized carbons (Fsp3) is 0.0909. The molecular formula is C22H16BrCl2SZr-3. The summed E-state index contributed by atoms with van der Waals surface area (Å²) in [7, 11) is 9.87. The molecule has 0 bridgehead atoms. The van der Waals surface area contributed by atoms with Gasteiger partial charge in [0.05, 0.1) is 0 Å². The Hall–Kier alpha value is -0.307. The van der Waals surface area contributed by atoms with Crippen LogP contribution >= 0.6 is 33.0 Å². The van der Waals surface area contributed by atoms with E-state index in [1.165, 1.54) is 37.9 Å². The number of fused-ring (bicyclic) bond motifs is 4. The van der Waals surface area contributed by atoms with Gasteiger partial charge in [0.1, 0.15) is 0 Å². The van der Waals surface area contributed by atoms with Crippen LogP contribution in [0.15, 0.2) is 65.1 Å². The predicted octanol–water partition coefficient (Wildman–Crippen LogP) is 6.98. The molecule has 0 amide bonds. The Bertz CT molecular complexity index is 884. The van der Waals surface area contributed by atoms with Crippen LogP contribution in [0.25, 0.3) is 17.2 Å². The topological polar surface area (TPSA) is 0 Å². The van der Waals surface area contributed by atoms with E-state index in [9.17, 15) is 0 Å². The van der Waals surface area contributed by atoms with Crippen LogP contribution in [-0.2, 0) is 47.2 Å². The maximum absolute atomic E-state index is 4.93. The van der Waals surface area contributed by atoms with Crippen LogP contribution in [0, 0.1) is 12.1 Å². The van der Waals surface area contributed by atoms with E-state index in [1.807, 2.05) is 18.2 Å². The SMILES string of the molecule is Brc1cc[c-]c2c1CC=C2.[Cl][Zr][Cl].[SH-].[c-]1ccc2c(c1)-c1ccccc1C2. The smallest absolute Gasteiger partial charge is 0.0249 e. The molecular weight excluding hydrogens is 538 g/mol. The van der Waals surface area contributed by atoms with Gasteiger partial charge in [-0.05, 0) is 6.42 Å². The van der Waals surface area contributed by atoms with Crippen LogP contribution in [0.1, 0.15) is 22.3 Å². The van der Waals surface area contributed by atoms with Gasteiger partial charge in [-0.2, -0.15) is 24.3 Å². The molecule has 27 heavy (non-hydrogen) atoms. The van der Waals surface area contributed by atoms with E-state index in [1.54, 1.807) is 0 Å². The van der Waals surface area contributed by atoms with E-state index in [0.717, 1.165) is 12.8 Å². The molecule has 0 unspecified atom stereocenters. The Kier molecular flexibility index (Phi) is 9.90. The molecule has 3 aromatic carbocycles. The molecule has 0 saturated heterocycles. The number of rotatable bonds is 0. The average Bonchev–Trinajstić information content (AvgIpc) is 3.28. The Morgan fingerprint density at radius 1 is 0.963 bits per heavy atom. The Morgan fingerprint density at radius 3 is 2.48 bits per heavy atom. The van der Waals surface area contributed by atoms with Gasteiger partial charge in [-0.3, -0.25) is 0 Å². The molecule has 0 heterocycles. The van der Waals surface area contributed by atoms with Gasteiger partial charge in [-0.25, -0.2) is 0 Å². The summed E-state index contributed by atoms with van der Waals surface area (Å²) in [6.07, 6.45) is 6.40. The van der Waals surface area contributed by atoms with Crippen LogP contribution in [0.2, 0.25) is 0 Å². The molecule has 0 radical (unpaired) electrons. The molecule has 2 aliphatic rings. The number of allylic oxidation sites excluding steroid dienone is 1. The second-order valence-corrected chi connectivity index (χ2v) is 10.4. The van der Waals surface area contributed by atoms with Crippen LogP contribution in [0.5, 0.6) is 0 Å². The van der Waals surface area contributed by atoms with Gasteiger partial charge < -0.3 is 13.5 Å². The minimum absolute atomic E-state index is 0. The van der Waals surface area contributed by atoms with Gasteiger partial charge in [0.25, 0.3) is 0 Å². The number of halogens is 3. The van der Waals surface area contributed by atoms with Crippen molar-refractivity contribution in [1.29, 1.82) is 0 Å². The molecule has 5 heteroatoms. The van der Waals surface area contributed by atoms with Gasteiger partial charge >= 0.3 is 37.9 Å². The van der Waals surface area contributed by atoms with E-state index < -0.39 is 20.8 Å². The Morgan fingerprint density at radius 2 is 1.70 bits per heavy atom. The van der Waals surface area contributed by atoms with Crippen LogP contribution in [-0.4, -0.2) is 0 Å². The molecule has 5 rings (SSSR count). The van der Waals surface area contributed by atoms with Gasteiger partial charge in [-0.15, -0.1) is 52.6 Å². The van der Waals surface area contributed by atoms with Gasteiger partial charge in [0, 0.05) is 0 Å². The summed E-state index contributed by atoms with van der Waals surface area (Å²) in [4.78, 5) is 0. The van der Waals surface area contributed by atoms with E-state index in [0.29, 0.717) is 0 Å². The van der Waals surface area contributed by atoms with E-state index >= 15 is 0 Å². The van der Waals surface area contributed by atoms with Crippen molar-refractivity contribution in [2.24, 2.45) is 0 Å². The standard InChI is InChI=1S/C13H9.C9H6Br.2ClH.H2S.Zr/c1-3-7-12-10(5-1)9-11-6-2-4-8-13(11)12;10-9-6-2-4-7-3-1-5-8(7)9;;;;/h1-3,5-8H,9H2;1-3,6H,5H2;2*1H;1H2;/q2*-1;;;;+2/p-3. The van der Waals surface area contributed by atoms with Crippen molar-refractivity contribution in [1.82, 2.24) is 0 Å². The summed E-state index contributed by atoms with van der Waals surface area (Å²) >= 11 is 2.66. The fourth-order valence-electron chi connectivity index (χ4n) is 3.18. The summed E-state index contributed by atoms with van der Waals surface area (Å²) in [5.74, 6) is 0. The minimum atomic E-state index is -0.826. The quantitative estimate of drug-likeness (QED) is 0.128. The van der Waals surface area contributed by atoms with Crippen LogP contribution in [0.4, 0.5) is 0 Å². The Labute approximate surface area is 195 Å². The van der Waals surface area contributed by atoms with Gasteiger partial charge in [0.15, 0.2) is 0 Å². The normalized spacial score (nSPS) is 11.5. The van der Waals surface area contributed by atoms with E-state index in [-0.39, 0.29) is 13.5 Å². The summed E-state index contributed by atoms with van der Waals surface area (Å²) in [6.45, 7) is 0. The average molecular weight is 554 g/mol. The van der Waals surface area contributed by atoms with Crippen molar-refractivity contribution in [2.75, 3.05) is 0 Å². The number of hydrogen-bond donors (Lipinski definition) is 0. The van der Waals surface area contributed by atoms with Crippen LogP contribution in [0.3, 0.4) is 0 Å². The first-order valence-corrected chi connectivity index (χ1v) is 15.3. The number of thiol groups is 1. The molecule has 0 fully saturated rings. The molecule has 0 aromatic heterocycles. The molecule has 0 saturated carbocycles. The first-order chi connectivity index (χ1) is 12.7. The van der Waals surface area contributed by atoms with Crippen LogP contribution < -0.4 is 0 Å². The zero-order chi connectivity index (χ0) is 18.4. The third-order valence-electron chi connectivity index (χ3n) is 4.33. The number of hydrogen-bond acceptors (Lipinski definition) is 1. The predicted molar refractivity (Wildman–Crippen MR) is 120 cm³/mol. The fourth-order valence-corrected chi connectivity index (χ4v) is 3.69. The Balaban J connectivity index is 0.000000168. The zero-order valence-corrected chi connectivity index (χ0v) is 20.8. The maximum atomic E-state index is 4.93. The molecule has 0 nitrogen and oxygen atoms in total. The molecule has 0 aliphatic heterocycles. The second-order valence-electron chi connectivity index (χ2n) is 5.81. The molecule has 3 aromatic rings. The largest absolute Gasteiger partial charge is 0.813 e. The molecule has 0 spiro atoms. The molecule has 0 atom stereocenters. The third kappa shape index (κ3) is 5.84. The zero-order valence-electron chi connectivity index (χ0n) is 14.3. The maximum Gasteiger partial charge on any atom is -0.0249 e. The second kappa shape index (κ2) is 11.6. The summed E-state index contributed by atoms with van der Waals surface area (Å²) in [5, 5.41) is 0. The first-order valence-electron chi connectivity index (χ1n) is 8.13. The van der Waals surface area contributed by atoms with Crippen molar-refractivity contribution >= 4 is 52.5 Å². The summed E-state index contributed by atoms with van der Waals surface area (Å²) in [6, 6.07) is 25.1. The van der Waals surface area contributed by atoms with Crippen molar-refractivity contribution < 1.29 is 20.8 Å². The van der Waals surface area contributed by atoms with E-state index in [2.05, 4.69) is 76.6 Å². The van der Waals surface area contributed by atoms with Crippen molar-refractivity contribution in [3.8, 4) is 11.1 Å². The minimum Gasteiger partial charge on any atom is -0.813 e. The summed E-state index contributed by atoms with van der Waals surface area (Å²) < 4.78 is 1.20.